The van der Waals surface area contributed by atoms with Crippen LogP contribution in [0.1, 0.15) is 52.9 Å². The highest BCUT2D eigenvalue weighted by atomic mass is 16.2. The van der Waals surface area contributed by atoms with E-state index >= 15 is 0 Å². The summed E-state index contributed by atoms with van der Waals surface area (Å²) >= 11 is 0. The molecule has 0 saturated carbocycles. The van der Waals surface area contributed by atoms with Crippen LogP contribution in [0.4, 0.5) is 0 Å². The van der Waals surface area contributed by atoms with Gasteiger partial charge in [-0.15, -0.1) is 0 Å². The first-order valence-electron chi connectivity index (χ1n) is 7.36. The Morgan fingerprint density at radius 2 is 1.90 bits per heavy atom. The summed E-state index contributed by atoms with van der Waals surface area (Å²) in [5.74, 6) is -0.505. The van der Waals surface area contributed by atoms with Crippen molar-refractivity contribution in [1.29, 1.82) is 5.26 Å². The molecule has 112 valence electrons. The quantitative estimate of drug-likeness (QED) is 0.804. The van der Waals surface area contributed by atoms with Gasteiger partial charge >= 0.3 is 0 Å². The summed E-state index contributed by atoms with van der Waals surface area (Å²) in [4.78, 5) is 25.9. The second kappa shape index (κ2) is 6.25. The average molecular weight is 279 g/mol. The predicted octanol–water partition coefficient (Wildman–Crippen LogP) is 1.82. The molecule has 0 bridgehead atoms. The van der Waals surface area contributed by atoms with Gasteiger partial charge in [0.1, 0.15) is 5.41 Å². The Bertz CT molecular complexity index is 421. The van der Waals surface area contributed by atoms with Gasteiger partial charge in [0.2, 0.25) is 11.8 Å². The van der Waals surface area contributed by atoms with E-state index in [4.69, 9.17) is 5.73 Å². The van der Waals surface area contributed by atoms with Crippen molar-refractivity contribution in [3.63, 3.8) is 0 Å². The van der Waals surface area contributed by atoms with Gasteiger partial charge in [-0.05, 0) is 26.2 Å². The molecule has 1 aliphatic heterocycles. The SMILES string of the molecule is CCCC(C#N)(CCC)C(=O)N1CCC(C)(C(N)=O)C1. The van der Waals surface area contributed by atoms with E-state index in [1.54, 1.807) is 11.8 Å². The summed E-state index contributed by atoms with van der Waals surface area (Å²) in [6, 6.07) is 2.24. The number of carbonyl (C=O) groups is 2. The molecule has 1 aliphatic rings. The summed E-state index contributed by atoms with van der Waals surface area (Å²) in [7, 11) is 0. The van der Waals surface area contributed by atoms with Crippen LogP contribution in [0.2, 0.25) is 0 Å². The summed E-state index contributed by atoms with van der Waals surface area (Å²) in [6.07, 6.45) is 3.30. The van der Waals surface area contributed by atoms with Gasteiger partial charge in [-0.25, -0.2) is 0 Å². The van der Waals surface area contributed by atoms with Crippen molar-refractivity contribution in [3.8, 4) is 6.07 Å². The zero-order chi connectivity index (χ0) is 15.4. The van der Waals surface area contributed by atoms with Gasteiger partial charge in [0.05, 0.1) is 11.5 Å². The summed E-state index contributed by atoms with van der Waals surface area (Å²) in [5, 5.41) is 9.52. The number of primary amides is 1. The van der Waals surface area contributed by atoms with Crippen molar-refractivity contribution in [2.45, 2.75) is 52.9 Å². The average Bonchev–Trinajstić information content (AvgIpc) is 2.81. The molecule has 1 saturated heterocycles. The Morgan fingerprint density at radius 1 is 1.35 bits per heavy atom. The van der Waals surface area contributed by atoms with Crippen molar-refractivity contribution < 1.29 is 9.59 Å². The minimum Gasteiger partial charge on any atom is -0.369 e. The maximum atomic E-state index is 12.7. The third-order valence-corrected chi connectivity index (χ3v) is 4.33. The number of nitrogens with zero attached hydrogens (tertiary/aromatic N) is 2. The molecule has 20 heavy (non-hydrogen) atoms. The first kappa shape index (κ1) is 16.5. The van der Waals surface area contributed by atoms with Crippen LogP contribution in [0.5, 0.6) is 0 Å². The molecule has 1 fully saturated rings. The minimum absolute atomic E-state index is 0.131. The third kappa shape index (κ3) is 2.95. The predicted molar refractivity (Wildman–Crippen MR) is 76.4 cm³/mol. The molecule has 5 heteroatoms. The molecule has 2 amide bonds. The smallest absolute Gasteiger partial charge is 0.243 e. The zero-order valence-corrected chi connectivity index (χ0v) is 12.7. The molecule has 1 rings (SSSR count). The van der Waals surface area contributed by atoms with Gasteiger partial charge in [0, 0.05) is 13.1 Å². The van der Waals surface area contributed by atoms with E-state index in [-0.39, 0.29) is 11.8 Å². The number of rotatable bonds is 6. The molecular formula is C15H25N3O2. The van der Waals surface area contributed by atoms with E-state index in [9.17, 15) is 14.9 Å². The molecule has 0 aliphatic carbocycles. The second-order valence-corrected chi connectivity index (χ2v) is 6.10. The maximum Gasteiger partial charge on any atom is 0.243 e. The Kier molecular flexibility index (Phi) is 5.15. The van der Waals surface area contributed by atoms with E-state index in [1.807, 2.05) is 13.8 Å². The van der Waals surface area contributed by atoms with E-state index in [1.165, 1.54) is 0 Å². The fourth-order valence-electron chi connectivity index (χ4n) is 2.99. The lowest BCUT2D eigenvalue weighted by atomic mass is 9.79. The first-order chi connectivity index (χ1) is 9.35. The van der Waals surface area contributed by atoms with Crippen molar-refractivity contribution in [3.05, 3.63) is 0 Å². The van der Waals surface area contributed by atoms with Crippen molar-refractivity contribution in [1.82, 2.24) is 4.90 Å². The van der Waals surface area contributed by atoms with Gasteiger partial charge in [0.15, 0.2) is 0 Å². The molecule has 0 aromatic heterocycles. The van der Waals surface area contributed by atoms with Gasteiger partial charge in [0.25, 0.3) is 0 Å². The lowest BCUT2D eigenvalue weighted by molar-refractivity contribution is -0.139. The Balaban J connectivity index is 2.93. The van der Waals surface area contributed by atoms with Crippen LogP contribution in [0, 0.1) is 22.2 Å². The lowest BCUT2D eigenvalue weighted by Gasteiger charge is -2.30. The summed E-state index contributed by atoms with van der Waals surface area (Å²) in [5.41, 5.74) is 3.82. The molecule has 0 aromatic rings. The first-order valence-corrected chi connectivity index (χ1v) is 7.36. The summed E-state index contributed by atoms with van der Waals surface area (Å²) in [6.45, 7) is 6.59. The second-order valence-electron chi connectivity index (χ2n) is 6.10. The number of hydrogen-bond donors (Lipinski definition) is 1. The van der Waals surface area contributed by atoms with Crippen LogP contribution in [-0.2, 0) is 9.59 Å². The van der Waals surface area contributed by atoms with E-state index in [2.05, 4.69) is 6.07 Å². The summed E-state index contributed by atoms with van der Waals surface area (Å²) < 4.78 is 0. The molecule has 0 spiro atoms. The van der Waals surface area contributed by atoms with E-state index in [0.717, 1.165) is 12.8 Å². The number of nitriles is 1. The third-order valence-electron chi connectivity index (χ3n) is 4.33. The molecule has 1 atom stereocenters. The number of amides is 2. The highest BCUT2D eigenvalue weighted by Gasteiger charge is 2.46. The van der Waals surface area contributed by atoms with Crippen LogP contribution in [0.25, 0.3) is 0 Å². The number of nitrogens with two attached hydrogens (primary N) is 1. The highest BCUT2D eigenvalue weighted by molar-refractivity contribution is 5.88. The molecular weight excluding hydrogens is 254 g/mol. The van der Waals surface area contributed by atoms with Crippen LogP contribution in [-0.4, -0.2) is 29.8 Å². The van der Waals surface area contributed by atoms with E-state index in [0.29, 0.717) is 32.4 Å². The number of carbonyl (C=O) groups excluding carboxylic acids is 2. The molecule has 0 radical (unpaired) electrons. The van der Waals surface area contributed by atoms with Crippen LogP contribution in [0.15, 0.2) is 0 Å². The zero-order valence-electron chi connectivity index (χ0n) is 12.7. The van der Waals surface area contributed by atoms with Crippen LogP contribution < -0.4 is 5.73 Å². The van der Waals surface area contributed by atoms with Crippen LogP contribution in [0.3, 0.4) is 0 Å². The largest absolute Gasteiger partial charge is 0.369 e. The van der Waals surface area contributed by atoms with Crippen molar-refractivity contribution in [2.24, 2.45) is 16.6 Å². The molecule has 0 aromatic carbocycles. The van der Waals surface area contributed by atoms with Crippen molar-refractivity contribution in [2.75, 3.05) is 13.1 Å². The Morgan fingerprint density at radius 3 is 2.25 bits per heavy atom. The monoisotopic (exact) mass is 279 g/mol. The Labute approximate surface area is 121 Å². The lowest BCUT2D eigenvalue weighted by Crippen LogP contribution is -2.44. The molecule has 5 nitrogen and oxygen atoms in total. The van der Waals surface area contributed by atoms with Crippen LogP contribution >= 0.6 is 0 Å². The van der Waals surface area contributed by atoms with Gasteiger partial charge in [-0.2, -0.15) is 5.26 Å². The number of hydrogen-bond acceptors (Lipinski definition) is 3. The topological polar surface area (TPSA) is 87.2 Å². The van der Waals surface area contributed by atoms with Crippen molar-refractivity contribution >= 4 is 11.8 Å². The van der Waals surface area contributed by atoms with Gasteiger partial charge < -0.3 is 10.6 Å². The molecule has 1 heterocycles. The molecule has 2 N–H and O–H groups in total. The van der Waals surface area contributed by atoms with E-state index < -0.39 is 10.8 Å². The van der Waals surface area contributed by atoms with Gasteiger partial charge in [-0.3, -0.25) is 9.59 Å². The normalized spacial score (nSPS) is 22.6. The number of likely N-dealkylation sites (tertiary alicyclic amines) is 1. The Hall–Kier alpha value is -1.57. The fraction of sp³-hybridized carbons (Fsp3) is 0.800. The van der Waals surface area contributed by atoms with Gasteiger partial charge in [-0.1, -0.05) is 26.7 Å². The molecule has 1 unspecified atom stereocenters. The fourth-order valence-corrected chi connectivity index (χ4v) is 2.99. The minimum atomic E-state index is -0.938. The standard InChI is InChI=1S/C15H25N3O2/c1-4-6-15(10-16,7-5-2)13(20)18-9-8-14(3,11-18)12(17)19/h4-9,11H2,1-3H3,(H2,17,19). The highest BCUT2D eigenvalue weighted by Crippen LogP contribution is 2.36. The maximum absolute atomic E-state index is 12.7.